The number of thiophene rings is 2. The molecule has 2 rings (SSSR count). The van der Waals surface area contributed by atoms with Crippen molar-refractivity contribution in [3.8, 4) is 10.1 Å². The summed E-state index contributed by atoms with van der Waals surface area (Å²) in [5.74, 6) is 0. The van der Waals surface area contributed by atoms with E-state index >= 15 is 0 Å². The van der Waals surface area contributed by atoms with Crippen molar-refractivity contribution < 1.29 is 31.4 Å². The Hall–Kier alpha value is -0.270. The fraction of sp³-hybridized carbons (Fsp3) is 0. The molecule has 0 aromatic carbocycles. The Morgan fingerprint density at radius 3 is 1.62 bits per heavy atom. The third-order valence-electron chi connectivity index (χ3n) is 1.30. The van der Waals surface area contributed by atoms with Crippen molar-refractivity contribution in [3.05, 3.63) is 30.0 Å². The van der Waals surface area contributed by atoms with Crippen LogP contribution >= 0.6 is 22.7 Å². The van der Waals surface area contributed by atoms with Crippen molar-refractivity contribution in [2.45, 2.75) is 0 Å². The Morgan fingerprint density at radius 2 is 1.31 bits per heavy atom. The van der Waals surface area contributed by atoms with Crippen LogP contribution in [-0.2, 0) is 0 Å². The van der Waals surface area contributed by atoms with Gasteiger partial charge in [0.25, 0.3) is 5.77 Å². The van der Waals surface area contributed by atoms with Crippen LogP contribution in [0.5, 0.6) is 10.1 Å². The van der Waals surface area contributed by atoms with Crippen molar-refractivity contribution in [1.82, 2.24) is 0 Å². The van der Waals surface area contributed by atoms with Gasteiger partial charge < -0.3 is 10.2 Å². The van der Waals surface area contributed by atoms with Crippen LogP contribution in [0.4, 0.5) is 0 Å². The number of aromatic hydroxyl groups is 2. The predicted molar refractivity (Wildman–Crippen MR) is 49.4 cm³/mol. The van der Waals surface area contributed by atoms with E-state index < -0.39 is 0 Å². The fourth-order valence-electron chi connectivity index (χ4n) is 0.803. The first-order valence-corrected chi connectivity index (χ1v) is 7.25. The molecule has 0 saturated heterocycles. The van der Waals surface area contributed by atoms with Gasteiger partial charge in [0.1, 0.15) is 0 Å². The predicted octanol–water partition coefficient (Wildman–Crippen LogP) is -0.651. The second-order valence-corrected chi connectivity index (χ2v) is 8.70. The Labute approximate surface area is 93.7 Å². The first kappa shape index (κ1) is 9.29. The van der Waals surface area contributed by atoms with Crippen LogP contribution in [0.25, 0.3) is 0 Å². The molecule has 0 aliphatic rings. The van der Waals surface area contributed by atoms with Crippen LogP contribution in [0.1, 0.15) is 0 Å². The van der Waals surface area contributed by atoms with Gasteiger partial charge in [0, 0.05) is 12.1 Å². The maximum absolute atomic E-state index is 9.13. The Morgan fingerprint density at radius 1 is 0.846 bits per heavy atom. The van der Waals surface area contributed by atoms with E-state index in [4.69, 9.17) is 10.2 Å². The highest BCUT2D eigenvalue weighted by atomic mass is 127. The van der Waals surface area contributed by atoms with Crippen molar-refractivity contribution in [3.63, 3.8) is 0 Å². The van der Waals surface area contributed by atoms with Crippen molar-refractivity contribution in [2.24, 2.45) is 0 Å². The summed E-state index contributed by atoms with van der Waals surface area (Å²) in [5, 5.41) is 19.0. The number of hydrogen-bond acceptors (Lipinski definition) is 4. The van der Waals surface area contributed by atoms with Crippen LogP contribution in [-0.4, -0.2) is 10.2 Å². The van der Waals surface area contributed by atoms with Gasteiger partial charge in [-0.05, 0) is 12.1 Å². The third-order valence-corrected chi connectivity index (χ3v) is 6.80. The highest BCUT2D eigenvalue weighted by molar-refractivity contribution is 7.12. The molecule has 2 N–H and O–H groups in total. The minimum atomic E-state index is -0.213. The first-order valence-electron chi connectivity index (χ1n) is 3.46. The zero-order chi connectivity index (χ0) is 9.26. The summed E-state index contributed by atoms with van der Waals surface area (Å²) in [7, 11) is 0. The fourth-order valence-corrected chi connectivity index (χ4v) is 6.52. The normalized spacial score (nSPS) is 10.5. The number of hydrogen-bond donors (Lipinski definition) is 2. The van der Waals surface area contributed by atoms with E-state index in [1.807, 2.05) is 12.1 Å². The monoisotopic (exact) mass is 325 g/mol. The van der Waals surface area contributed by atoms with Crippen LogP contribution in [0.2, 0.25) is 0 Å². The van der Waals surface area contributed by atoms with Crippen LogP contribution in [0.3, 0.4) is 0 Å². The van der Waals surface area contributed by atoms with E-state index in [0.717, 1.165) is 0 Å². The highest BCUT2D eigenvalue weighted by Crippen LogP contribution is 2.17. The molecule has 13 heavy (non-hydrogen) atoms. The lowest BCUT2D eigenvalue weighted by Crippen LogP contribution is -3.61. The van der Waals surface area contributed by atoms with E-state index in [2.05, 4.69) is 0 Å². The molecule has 0 unspecified atom stereocenters. The maximum Gasteiger partial charge on any atom is 0.381 e. The molecule has 0 fully saturated rings. The molecule has 2 nitrogen and oxygen atoms in total. The van der Waals surface area contributed by atoms with Crippen molar-refractivity contribution in [2.75, 3.05) is 0 Å². The van der Waals surface area contributed by atoms with E-state index in [1.54, 1.807) is 12.1 Å². The van der Waals surface area contributed by atoms with E-state index in [9.17, 15) is 0 Å². The summed E-state index contributed by atoms with van der Waals surface area (Å²) < 4.78 is 2.44. The Balaban J connectivity index is 2.14. The molecule has 5 heteroatoms. The zero-order valence-electron chi connectivity index (χ0n) is 6.40. The van der Waals surface area contributed by atoms with Gasteiger partial charge in [0.05, 0.1) is 0 Å². The molecular formula is C8H6IO2S2+. The van der Waals surface area contributed by atoms with Crippen LogP contribution in [0.15, 0.2) is 24.3 Å². The molecule has 2 aromatic heterocycles. The number of halogens is 1. The second-order valence-electron chi connectivity index (χ2n) is 2.25. The average molecular weight is 325 g/mol. The Bertz CT molecular complexity index is 369. The van der Waals surface area contributed by atoms with Gasteiger partial charge in [0.2, 0.25) is 0 Å². The molecular weight excluding hydrogens is 319 g/mol. The summed E-state index contributed by atoms with van der Waals surface area (Å²) in [5.41, 5.74) is 0. The molecule has 0 atom stereocenters. The molecule has 0 radical (unpaired) electrons. The topological polar surface area (TPSA) is 40.5 Å². The molecule has 0 aliphatic carbocycles. The lowest BCUT2D eigenvalue weighted by Gasteiger charge is -1.73. The van der Waals surface area contributed by atoms with E-state index in [0.29, 0.717) is 10.1 Å². The minimum Gasteiger partial charge on any atom is -0.499 e. The molecule has 68 valence electrons. The molecule has 0 saturated carbocycles. The quantitative estimate of drug-likeness (QED) is 0.721. The lowest BCUT2D eigenvalue weighted by atomic mass is 10.7. The minimum absolute atomic E-state index is 0.213. The summed E-state index contributed by atoms with van der Waals surface area (Å²) in [6, 6.07) is 7.33. The molecule has 2 aromatic rings. The smallest absolute Gasteiger partial charge is 0.381 e. The van der Waals surface area contributed by atoms with Crippen molar-refractivity contribution in [1.29, 1.82) is 0 Å². The maximum atomic E-state index is 9.13. The highest BCUT2D eigenvalue weighted by Gasteiger charge is 2.20. The summed E-state index contributed by atoms with van der Waals surface area (Å²) in [6.07, 6.45) is 0. The molecule has 0 aliphatic heterocycles. The van der Waals surface area contributed by atoms with Gasteiger partial charge >= 0.3 is 21.2 Å². The third kappa shape index (κ3) is 2.35. The van der Waals surface area contributed by atoms with Gasteiger partial charge in [0.15, 0.2) is 10.1 Å². The zero-order valence-corrected chi connectivity index (χ0v) is 10.2. The summed E-state index contributed by atoms with van der Waals surface area (Å²) in [4.78, 5) is 0. The van der Waals surface area contributed by atoms with Gasteiger partial charge in [-0.1, -0.05) is 22.7 Å². The molecule has 0 bridgehead atoms. The SMILES string of the molecule is Oc1ccc([I+]c2ccc(O)s2)s1. The standard InChI is InChI=1S/C8H5IO2S2/c10-7-3-1-5(12-7)9-6-2-4-8(11)13-6/h1-4H,(H-,10,11)/p+1. The van der Waals surface area contributed by atoms with E-state index in [-0.39, 0.29) is 21.2 Å². The van der Waals surface area contributed by atoms with Gasteiger partial charge in [-0.25, -0.2) is 0 Å². The Kier molecular flexibility index (Phi) is 2.75. The first-order chi connectivity index (χ1) is 6.24. The van der Waals surface area contributed by atoms with Gasteiger partial charge in [-0.15, -0.1) is 0 Å². The number of rotatable bonds is 2. The molecule has 0 spiro atoms. The lowest BCUT2D eigenvalue weighted by molar-refractivity contribution is -0.585. The largest absolute Gasteiger partial charge is 0.499 e. The van der Waals surface area contributed by atoms with Crippen LogP contribution in [0, 0.1) is 5.77 Å². The van der Waals surface area contributed by atoms with Gasteiger partial charge in [-0.3, -0.25) is 0 Å². The second kappa shape index (κ2) is 3.85. The molecule has 2 heterocycles. The van der Waals surface area contributed by atoms with Crippen molar-refractivity contribution >= 4 is 22.7 Å². The van der Waals surface area contributed by atoms with Gasteiger partial charge in [-0.2, -0.15) is 0 Å². The summed E-state index contributed by atoms with van der Waals surface area (Å²) >= 11 is 2.63. The average Bonchev–Trinajstić information content (AvgIpc) is 2.62. The summed E-state index contributed by atoms with van der Waals surface area (Å²) in [6.45, 7) is 0. The van der Waals surface area contributed by atoms with Crippen LogP contribution < -0.4 is 21.2 Å². The van der Waals surface area contributed by atoms with E-state index in [1.165, 1.54) is 28.4 Å². The molecule has 0 amide bonds.